The first-order valence-corrected chi connectivity index (χ1v) is 6.21. The van der Waals surface area contributed by atoms with Gasteiger partial charge in [-0.3, -0.25) is 9.89 Å². The van der Waals surface area contributed by atoms with Crippen molar-refractivity contribution >= 4 is 17.5 Å². The molecular weight excluding hydrogens is 266 g/mol. The molecule has 1 unspecified atom stereocenters. The molecule has 6 heteroatoms. The summed E-state index contributed by atoms with van der Waals surface area (Å²) in [6.45, 7) is 1.81. The average molecular weight is 280 g/mol. The van der Waals surface area contributed by atoms with E-state index in [-0.39, 0.29) is 12.5 Å². The summed E-state index contributed by atoms with van der Waals surface area (Å²) in [7, 11) is 0. The number of aromatic nitrogens is 2. The van der Waals surface area contributed by atoms with E-state index in [1.807, 2.05) is 0 Å². The second-order valence-corrected chi connectivity index (χ2v) is 4.66. The van der Waals surface area contributed by atoms with Gasteiger partial charge in [0, 0.05) is 17.1 Å². The van der Waals surface area contributed by atoms with Crippen molar-refractivity contribution in [2.75, 3.05) is 6.54 Å². The minimum absolute atomic E-state index is 0.198. The summed E-state index contributed by atoms with van der Waals surface area (Å²) < 4.78 is 0. The summed E-state index contributed by atoms with van der Waals surface area (Å²) in [6, 6.07) is 7.10. The zero-order valence-electron chi connectivity index (χ0n) is 10.4. The molecule has 1 heterocycles. The number of nitrogens with zero attached hydrogens (tertiary/aromatic N) is 1. The van der Waals surface area contributed by atoms with Crippen LogP contribution in [0.2, 0.25) is 5.02 Å². The number of nitrogens with one attached hydrogen (secondary N) is 2. The number of aliphatic hydroxyl groups is 1. The Morgan fingerprint density at radius 3 is 2.79 bits per heavy atom. The maximum absolute atomic E-state index is 12.0. The van der Waals surface area contributed by atoms with Gasteiger partial charge < -0.3 is 10.4 Å². The number of rotatable bonds is 4. The lowest BCUT2D eigenvalue weighted by molar-refractivity contribution is 0.0924. The Bertz CT molecular complexity index is 564. The first-order chi connectivity index (χ1) is 9.08. The maximum atomic E-state index is 12.0. The lowest BCUT2D eigenvalue weighted by atomic mass is 10.1. The van der Waals surface area contributed by atoms with Crippen molar-refractivity contribution in [1.82, 2.24) is 15.5 Å². The molecule has 0 fully saturated rings. The summed E-state index contributed by atoms with van der Waals surface area (Å²) in [4.78, 5) is 12.0. The van der Waals surface area contributed by atoms with Crippen molar-refractivity contribution in [2.45, 2.75) is 13.0 Å². The van der Waals surface area contributed by atoms with Crippen LogP contribution in [0.4, 0.5) is 0 Å². The Balaban J connectivity index is 2.22. The molecule has 0 aliphatic carbocycles. The summed E-state index contributed by atoms with van der Waals surface area (Å²) in [5.41, 5.74) is 1.88. The second-order valence-electron chi connectivity index (χ2n) is 4.22. The lowest BCUT2D eigenvalue weighted by Crippen LogP contribution is -2.30. The number of halogens is 1. The zero-order chi connectivity index (χ0) is 13.8. The standard InChI is InChI=1S/C13H14ClN3O2/c1-8(18)6-15-13(19)11-7-16-17-12(11)9-2-4-10(14)5-3-9/h2-5,7-8,18H,6H2,1H3,(H,15,19)(H,16,17). The van der Waals surface area contributed by atoms with E-state index in [2.05, 4.69) is 15.5 Å². The number of hydrogen-bond donors (Lipinski definition) is 3. The van der Waals surface area contributed by atoms with E-state index in [0.717, 1.165) is 5.56 Å². The van der Waals surface area contributed by atoms with Crippen LogP contribution >= 0.6 is 11.6 Å². The summed E-state index contributed by atoms with van der Waals surface area (Å²) >= 11 is 5.83. The number of benzene rings is 1. The van der Waals surface area contributed by atoms with Crippen LogP contribution in [0.5, 0.6) is 0 Å². The molecule has 0 aliphatic heterocycles. The van der Waals surface area contributed by atoms with E-state index in [1.165, 1.54) is 6.20 Å². The van der Waals surface area contributed by atoms with Crippen molar-refractivity contribution in [3.8, 4) is 11.3 Å². The van der Waals surface area contributed by atoms with E-state index >= 15 is 0 Å². The molecule has 19 heavy (non-hydrogen) atoms. The zero-order valence-corrected chi connectivity index (χ0v) is 11.1. The summed E-state index contributed by atoms with van der Waals surface area (Å²) in [6.07, 6.45) is 0.872. The summed E-state index contributed by atoms with van der Waals surface area (Å²) in [5, 5.41) is 19.1. The fourth-order valence-corrected chi connectivity index (χ4v) is 1.76. The molecule has 2 aromatic rings. The number of H-pyrrole nitrogens is 1. The molecular formula is C13H14ClN3O2. The van der Waals surface area contributed by atoms with Gasteiger partial charge in [0.05, 0.1) is 23.6 Å². The molecule has 5 nitrogen and oxygen atoms in total. The number of hydrogen-bond acceptors (Lipinski definition) is 3. The first kappa shape index (κ1) is 13.6. The lowest BCUT2D eigenvalue weighted by Gasteiger charge is -2.07. The minimum atomic E-state index is -0.588. The molecule has 0 saturated carbocycles. The van der Waals surface area contributed by atoms with Crippen LogP contribution in [0.3, 0.4) is 0 Å². The van der Waals surface area contributed by atoms with Crippen LogP contribution in [0.15, 0.2) is 30.5 Å². The SMILES string of the molecule is CC(O)CNC(=O)c1cn[nH]c1-c1ccc(Cl)cc1. The molecule has 0 radical (unpaired) electrons. The number of aromatic amines is 1. The molecule has 0 aliphatic rings. The first-order valence-electron chi connectivity index (χ1n) is 5.83. The van der Waals surface area contributed by atoms with Gasteiger partial charge in [0.15, 0.2) is 0 Å². The van der Waals surface area contributed by atoms with Gasteiger partial charge >= 0.3 is 0 Å². The average Bonchev–Trinajstić information content (AvgIpc) is 2.86. The van der Waals surface area contributed by atoms with Crippen molar-refractivity contribution in [1.29, 1.82) is 0 Å². The van der Waals surface area contributed by atoms with Crippen molar-refractivity contribution < 1.29 is 9.90 Å². The van der Waals surface area contributed by atoms with Gasteiger partial charge in [-0.05, 0) is 19.1 Å². The van der Waals surface area contributed by atoms with Crippen LogP contribution in [0, 0.1) is 0 Å². The number of carbonyl (C=O) groups excluding carboxylic acids is 1. The molecule has 3 N–H and O–H groups in total. The Morgan fingerprint density at radius 1 is 1.47 bits per heavy atom. The predicted molar refractivity (Wildman–Crippen MR) is 73.0 cm³/mol. The fraction of sp³-hybridized carbons (Fsp3) is 0.231. The second kappa shape index (κ2) is 5.86. The highest BCUT2D eigenvalue weighted by atomic mass is 35.5. The Hall–Kier alpha value is -1.85. The quantitative estimate of drug-likeness (QED) is 0.799. The third-order valence-electron chi connectivity index (χ3n) is 2.57. The topological polar surface area (TPSA) is 78.0 Å². The van der Waals surface area contributed by atoms with E-state index in [1.54, 1.807) is 31.2 Å². The van der Waals surface area contributed by atoms with Crippen LogP contribution < -0.4 is 5.32 Å². The van der Waals surface area contributed by atoms with E-state index in [0.29, 0.717) is 16.3 Å². The molecule has 0 spiro atoms. The van der Waals surface area contributed by atoms with Crippen LogP contribution in [-0.4, -0.2) is 33.9 Å². The smallest absolute Gasteiger partial charge is 0.255 e. The fourth-order valence-electron chi connectivity index (χ4n) is 1.63. The molecule has 1 amide bonds. The third kappa shape index (κ3) is 3.33. The molecule has 0 bridgehead atoms. The monoisotopic (exact) mass is 279 g/mol. The number of aliphatic hydroxyl groups excluding tert-OH is 1. The van der Waals surface area contributed by atoms with Crippen LogP contribution in [-0.2, 0) is 0 Å². The highest BCUT2D eigenvalue weighted by Crippen LogP contribution is 2.22. The molecule has 100 valence electrons. The molecule has 1 aromatic heterocycles. The van der Waals surface area contributed by atoms with Gasteiger partial charge in [-0.1, -0.05) is 23.7 Å². The molecule has 2 rings (SSSR count). The largest absolute Gasteiger partial charge is 0.392 e. The van der Waals surface area contributed by atoms with E-state index < -0.39 is 6.10 Å². The van der Waals surface area contributed by atoms with E-state index in [4.69, 9.17) is 16.7 Å². The van der Waals surface area contributed by atoms with Crippen molar-refractivity contribution in [3.05, 3.63) is 41.0 Å². The maximum Gasteiger partial charge on any atom is 0.255 e. The summed E-state index contributed by atoms with van der Waals surface area (Å²) in [5.74, 6) is -0.278. The number of carbonyl (C=O) groups is 1. The highest BCUT2D eigenvalue weighted by Gasteiger charge is 2.15. The normalized spacial score (nSPS) is 12.2. The van der Waals surface area contributed by atoms with Crippen molar-refractivity contribution in [2.24, 2.45) is 0 Å². The Kier molecular flexibility index (Phi) is 4.19. The van der Waals surface area contributed by atoms with Gasteiger partial charge in [-0.2, -0.15) is 5.10 Å². The minimum Gasteiger partial charge on any atom is -0.392 e. The van der Waals surface area contributed by atoms with Gasteiger partial charge in [0.1, 0.15) is 0 Å². The molecule has 1 aromatic carbocycles. The Labute approximate surface area is 115 Å². The van der Waals surface area contributed by atoms with Gasteiger partial charge in [-0.25, -0.2) is 0 Å². The van der Waals surface area contributed by atoms with Gasteiger partial charge in [0.2, 0.25) is 0 Å². The van der Waals surface area contributed by atoms with Gasteiger partial charge in [0.25, 0.3) is 5.91 Å². The van der Waals surface area contributed by atoms with Crippen LogP contribution in [0.1, 0.15) is 17.3 Å². The third-order valence-corrected chi connectivity index (χ3v) is 2.83. The predicted octanol–water partition coefficient (Wildman–Crippen LogP) is 1.84. The van der Waals surface area contributed by atoms with Crippen LogP contribution in [0.25, 0.3) is 11.3 Å². The van der Waals surface area contributed by atoms with E-state index in [9.17, 15) is 4.79 Å². The molecule has 1 atom stereocenters. The Morgan fingerprint density at radius 2 is 2.16 bits per heavy atom. The number of amides is 1. The highest BCUT2D eigenvalue weighted by molar-refractivity contribution is 6.30. The van der Waals surface area contributed by atoms with Gasteiger partial charge in [-0.15, -0.1) is 0 Å². The van der Waals surface area contributed by atoms with Crippen molar-refractivity contribution in [3.63, 3.8) is 0 Å². The molecule has 0 saturated heterocycles.